The molecule has 1 heterocycles. The number of amides is 2. The third-order valence-corrected chi connectivity index (χ3v) is 6.96. The van der Waals surface area contributed by atoms with Crippen LogP contribution in [0.3, 0.4) is 0 Å². The number of carbonyl (C=O) groups excluding carboxylic acids is 3. The van der Waals surface area contributed by atoms with Crippen LogP contribution in [-0.4, -0.2) is 48.4 Å². The van der Waals surface area contributed by atoms with Crippen molar-refractivity contribution in [2.24, 2.45) is 0 Å². The topological polar surface area (TPSA) is 84.9 Å². The van der Waals surface area contributed by atoms with Crippen molar-refractivity contribution in [2.75, 3.05) is 14.2 Å². The number of para-hydroxylation sites is 1. The van der Waals surface area contributed by atoms with Crippen LogP contribution in [0, 0.1) is 0 Å². The van der Waals surface area contributed by atoms with Gasteiger partial charge in [-0.05, 0) is 31.2 Å². The number of alkyl halides is 6. The lowest BCUT2D eigenvalue weighted by Crippen LogP contribution is -2.66. The average molecular weight is 607 g/mol. The number of benzene rings is 3. The Labute approximate surface area is 241 Å². The summed E-state index contributed by atoms with van der Waals surface area (Å²) in [5.74, 6) is -4.27. The van der Waals surface area contributed by atoms with E-state index in [0.717, 1.165) is 19.1 Å². The summed E-state index contributed by atoms with van der Waals surface area (Å²) >= 11 is 0. The first kappa shape index (κ1) is 31.1. The van der Waals surface area contributed by atoms with Gasteiger partial charge in [-0.2, -0.15) is 26.3 Å². The van der Waals surface area contributed by atoms with Gasteiger partial charge in [-0.15, -0.1) is 0 Å². The number of rotatable bonds is 8. The van der Waals surface area contributed by atoms with Gasteiger partial charge in [0.25, 0.3) is 11.8 Å². The highest BCUT2D eigenvalue weighted by Gasteiger charge is 2.70. The molecule has 0 unspecified atom stereocenters. The van der Waals surface area contributed by atoms with Crippen LogP contribution in [0.5, 0.6) is 11.5 Å². The number of ether oxygens (including phenoxy) is 2. The van der Waals surface area contributed by atoms with Gasteiger partial charge in [0.15, 0.2) is 17.3 Å². The van der Waals surface area contributed by atoms with Crippen molar-refractivity contribution in [3.05, 3.63) is 106 Å². The first-order valence-electron chi connectivity index (χ1n) is 12.6. The van der Waals surface area contributed by atoms with Crippen LogP contribution >= 0.6 is 0 Å². The van der Waals surface area contributed by atoms with E-state index >= 15 is 13.2 Å². The summed E-state index contributed by atoms with van der Waals surface area (Å²) in [6.45, 7) is 0.582. The molecule has 0 spiro atoms. The van der Waals surface area contributed by atoms with E-state index < -0.39 is 64.4 Å². The number of Topliss-reactive ketones (excluding diaryl/α,β-unsaturated/α-hetero) is 1. The second-order valence-electron chi connectivity index (χ2n) is 9.48. The zero-order valence-electron chi connectivity index (χ0n) is 22.9. The molecule has 4 rings (SSSR count). The Bertz CT molecular complexity index is 1600. The Balaban J connectivity index is 1.91. The highest BCUT2D eigenvalue weighted by Crippen LogP contribution is 2.47. The quantitative estimate of drug-likeness (QED) is 0.253. The second kappa shape index (κ2) is 11.5. The maximum atomic E-state index is 15.2. The minimum Gasteiger partial charge on any atom is -0.493 e. The van der Waals surface area contributed by atoms with Crippen LogP contribution < -0.4 is 14.8 Å². The molecule has 226 valence electrons. The SMILES string of the molecule is COc1cccc(CN2C(=O)[C@@](NC(=O)c3cccc(C(F)(F)F)c3)(C(F)(F)F)C(C(=O)c3ccccc3)=C2C)c1OC. The fourth-order valence-electron chi connectivity index (χ4n) is 4.90. The van der Waals surface area contributed by atoms with Crippen LogP contribution in [0.25, 0.3) is 0 Å². The van der Waals surface area contributed by atoms with Gasteiger partial charge in [-0.25, -0.2) is 0 Å². The summed E-state index contributed by atoms with van der Waals surface area (Å²) in [6.07, 6.45) is -10.5. The molecule has 0 radical (unpaired) electrons. The Hall–Kier alpha value is -4.81. The molecule has 0 aliphatic carbocycles. The largest absolute Gasteiger partial charge is 0.493 e. The summed E-state index contributed by atoms with van der Waals surface area (Å²) in [6, 6.07) is 14.0. The molecule has 1 aliphatic rings. The van der Waals surface area contributed by atoms with Crippen molar-refractivity contribution >= 4 is 17.6 Å². The van der Waals surface area contributed by atoms with Gasteiger partial charge in [0.2, 0.25) is 5.54 Å². The number of hydrogen-bond donors (Lipinski definition) is 1. The third kappa shape index (κ3) is 5.54. The highest BCUT2D eigenvalue weighted by atomic mass is 19.4. The van der Waals surface area contributed by atoms with Gasteiger partial charge >= 0.3 is 12.4 Å². The first-order chi connectivity index (χ1) is 20.2. The van der Waals surface area contributed by atoms with Crippen LogP contribution in [0.2, 0.25) is 0 Å². The van der Waals surface area contributed by atoms with Crippen molar-refractivity contribution in [2.45, 2.75) is 31.4 Å². The number of nitrogens with zero attached hydrogens (tertiary/aromatic N) is 1. The molecule has 0 saturated heterocycles. The molecule has 1 aliphatic heterocycles. The smallest absolute Gasteiger partial charge is 0.425 e. The summed E-state index contributed by atoms with van der Waals surface area (Å²) in [5, 5.41) is 1.62. The number of allylic oxidation sites excluding steroid dienone is 1. The minimum atomic E-state index is -5.62. The molecule has 3 aromatic carbocycles. The molecule has 0 saturated carbocycles. The Kier molecular flexibility index (Phi) is 8.30. The lowest BCUT2D eigenvalue weighted by molar-refractivity contribution is -0.189. The Morgan fingerprint density at radius 1 is 0.860 bits per heavy atom. The van der Waals surface area contributed by atoms with Gasteiger partial charge in [-0.1, -0.05) is 48.5 Å². The molecule has 1 N–H and O–H groups in total. The summed E-state index contributed by atoms with van der Waals surface area (Å²) in [5.41, 5.74) is -7.57. The van der Waals surface area contributed by atoms with Crippen LogP contribution in [-0.2, 0) is 17.5 Å². The van der Waals surface area contributed by atoms with E-state index in [9.17, 15) is 27.6 Å². The molecule has 0 aromatic heterocycles. The number of carbonyl (C=O) groups is 3. The lowest BCUT2D eigenvalue weighted by Gasteiger charge is -2.33. The highest BCUT2D eigenvalue weighted by molar-refractivity contribution is 6.19. The van der Waals surface area contributed by atoms with Crippen molar-refractivity contribution in [1.82, 2.24) is 10.2 Å². The predicted molar refractivity (Wildman–Crippen MR) is 141 cm³/mol. The van der Waals surface area contributed by atoms with E-state index in [4.69, 9.17) is 9.47 Å². The van der Waals surface area contributed by atoms with Crippen molar-refractivity contribution in [3.63, 3.8) is 0 Å². The molecule has 43 heavy (non-hydrogen) atoms. The molecular formula is C30H24F6N2O5. The van der Waals surface area contributed by atoms with Crippen LogP contribution in [0.4, 0.5) is 26.3 Å². The van der Waals surface area contributed by atoms with E-state index in [2.05, 4.69) is 0 Å². The first-order valence-corrected chi connectivity index (χ1v) is 12.6. The average Bonchev–Trinajstić information content (AvgIpc) is 3.18. The van der Waals surface area contributed by atoms with Gasteiger partial charge in [0, 0.05) is 22.4 Å². The Morgan fingerprint density at radius 2 is 1.49 bits per heavy atom. The number of hydrogen-bond acceptors (Lipinski definition) is 5. The third-order valence-electron chi connectivity index (χ3n) is 6.96. The van der Waals surface area contributed by atoms with Crippen molar-refractivity contribution < 1.29 is 50.2 Å². The van der Waals surface area contributed by atoms with E-state index in [1.54, 1.807) is 5.32 Å². The maximum Gasteiger partial charge on any atom is 0.425 e. The molecular weight excluding hydrogens is 582 g/mol. The monoisotopic (exact) mass is 606 g/mol. The minimum absolute atomic E-state index is 0.110. The fourth-order valence-corrected chi connectivity index (χ4v) is 4.90. The van der Waals surface area contributed by atoms with Gasteiger partial charge < -0.3 is 19.7 Å². The molecule has 2 amide bonds. The molecule has 0 bridgehead atoms. The van der Waals surface area contributed by atoms with Crippen molar-refractivity contribution in [1.29, 1.82) is 0 Å². The van der Waals surface area contributed by atoms with E-state index in [0.29, 0.717) is 17.0 Å². The molecule has 13 heteroatoms. The molecule has 0 fully saturated rings. The summed E-state index contributed by atoms with van der Waals surface area (Å²) in [7, 11) is 2.62. The number of ketones is 1. The Morgan fingerprint density at radius 3 is 2.07 bits per heavy atom. The number of methoxy groups -OCH3 is 2. The fraction of sp³-hybridized carbons (Fsp3) is 0.233. The van der Waals surface area contributed by atoms with E-state index in [1.165, 1.54) is 62.8 Å². The predicted octanol–water partition coefficient (Wildman–Crippen LogP) is 5.95. The zero-order valence-corrected chi connectivity index (χ0v) is 22.9. The lowest BCUT2D eigenvalue weighted by atomic mass is 9.84. The number of halogens is 6. The summed E-state index contributed by atoms with van der Waals surface area (Å²) in [4.78, 5) is 41.5. The zero-order chi connectivity index (χ0) is 31.7. The van der Waals surface area contributed by atoms with Crippen LogP contribution in [0.1, 0.15) is 38.8 Å². The molecule has 1 atom stereocenters. The van der Waals surface area contributed by atoms with Gasteiger partial charge in [-0.3, -0.25) is 14.4 Å². The van der Waals surface area contributed by atoms with E-state index in [-0.39, 0.29) is 22.6 Å². The van der Waals surface area contributed by atoms with Gasteiger partial charge in [0.1, 0.15) is 0 Å². The summed E-state index contributed by atoms with van der Waals surface area (Å²) < 4.78 is 96.1. The normalized spacial score (nSPS) is 17.2. The van der Waals surface area contributed by atoms with E-state index in [1.807, 2.05) is 0 Å². The maximum absolute atomic E-state index is 15.2. The molecule has 3 aromatic rings. The standard InChI is InChI=1S/C30H24F6N2O5/c1-17-23(24(39)18-9-5-4-6-10-18)28(30(34,35)36,37-26(40)19-11-7-13-21(15-19)29(31,32)33)27(41)38(17)16-20-12-8-14-22(42-2)25(20)43-3/h4-15H,16H2,1-3H3,(H,37,40)/t28-/m1/s1. The van der Waals surface area contributed by atoms with Crippen molar-refractivity contribution in [3.8, 4) is 11.5 Å². The number of nitrogens with one attached hydrogen (secondary N) is 1. The van der Waals surface area contributed by atoms with Gasteiger partial charge in [0.05, 0.1) is 31.9 Å². The second-order valence-corrected chi connectivity index (χ2v) is 9.48. The van der Waals surface area contributed by atoms with Crippen LogP contribution in [0.15, 0.2) is 84.1 Å². The molecule has 7 nitrogen and oxygen atoms in total.